The molecule has 2 rings (SSSR count). The third-order valence-electron chi connectivity index (χ3n) is 4.40. The lowest BCUT2D eigenvalue weighted by Crippen LogP contribution is -2.18. The topological polar surface area (TPSA) is 0 Å². The van der Waals surface area contributed by atoms with Gasteiger partial charge in [0.05, 0.1) is 0 Å². The van der Waals surface area contributed by atoms with Crippen molar-refractivity contribution >= 4 is 0 Å². The molecule has 0 aromatic heterocycles. The second-order valence-corrected chi connectivity index (χ2v) is 5.72. The molecule has 0 saturated heterocycles. The molecule has 2 aromatic rings. The van der Waals surface area contributed by atoms with Crippen molar-refractivity contribution in [1.82, 2.24) is 0 Å². The quantitative estimate of drug-likeness (QED) is 0.618. The van der Waals surface area contributed by atoms with Crippen molar-refractivity contribution in [3.63, 3.8) is 0 Å². The van der Waals surface area contributed by atoms with Gasteiger partial charge in [0, 0.05) is 0 Å². The summed E-state index contributed by atoms with van der Waals surface area (Å²) in [6, 6.07) is 21.9. The number of hydrogen-bond acceptors (Lipinski definition) is 0. The molecule has 0 N–H and O–H groups in total. The van der Waals surface area contributed by atoms with Crippen LogP contribution in [0.1, 0.15) is 37.8 Å². The Kier molecular flexibility index (Phi) is 5.86. The van der Waals surface area contributed by atoms with Gasteiger partial charge < -0.3 is 0 Å². The van der Waals surface area contributed by atoms with E-state index in [4.69, 9.17) is 0 Å². The SMILES string of the molecule is CCC(Cc1ccccc1)C(CC)Cc1ccccc1. The molecule has 0 saturated carbocycles. The molecule has 20 heavy (non-hydrogen) atoms. The van der Waals surface area contributed by atoms with Crippen LogP contribution in [0.5, 0.6) is 0 Å². The van der Waals surface area contributed by atoms with Crippen molar-refractivity contribution in [2.24, 2.45) is 11.8 Å². The molecule has 2 unspecified atom stereocenters. The Labute approximate surface area is 123 Å². The van der Waals surface area contributed by atoms with Gasteiger partial charge in [-0.2, -0.15) is 0 Å². The first-order valence-corrected chi connectivity index (χ1v) is 7.91. The van der Waals surface area contributed by atoms with Crippen LogP contribution in [0.15, 0.2) is 60.7 Å². The number of hydrogen-bond donors (Lipinski definition) is 0. The van der Waals surface area contributed by atoms with Crippen LogP contribution in [0.25, 0.3) is 0 Å². The summed E-state index contributed by atoms with van der Waals surface area (Å²) < 4.78 is 0. The highest BCUT2D eigenvalue weighted by Crippen LogP contribution is 2.27. The van der Waals surface area contributed by atoms with E-state index in [1.54, 1.807) is 0 Å². The van der Waals surface area contributed by atoms with Gasteiger partial charge in [-0.15, -0.1) is 0 Å². The first-order chi connectivity index (χ1) is 9.83. The summed E-state index contributed by atoms with van der Waals surface area (Å²) in [5.74, 6) is 1.56. The third kappa shape index (κ3) is 4.23. The highest BCUT2D eigenvalue weighted by Gasteiger charge is 2.19. The van der Waals surface area contributed by atoms with Gasteiger partial charge in [0.1, 0.15) is 0 Å². The van der Waals surface area contributed by atoms with E-state index < -0.39 is 0 Å². The Morgan fingerprint density at radius 3 is 1.25 bits per heavy atom. The summed E-state index contributed by atoms with van der Waals surface area (Å²) in [5, 5.41) is 0. The molecular weight excluding hydrogens is 240 g/mol. The van der Waals surface area contributed by atoms with Crippen LogP contribution in [0.4, 0.5) is 0 Å². The van der Waals surface area contributed by atoms with Crippen molar-refractivity contribution in [3.8, 4) is 0 Å². The highest BCUT2D eigenvalue weighted by molar-refractivity contribution is 5.17. The van der Waals surface area contributed by atoms with Crippen LogP contribution in [0.2, 0.25) is 0 Å². The molecule has 0 radical (unpaired) electrons. The molecule has 0 amide bonds. The maximum atomic E-state index is 2.33. The van der Waals surface area contributed by atoms with Crippen LogP contribution >= 0.6 is 0 Å². The summed E-state index contributed by atoms with van der Waals surface area (Å²) in [4.78, 5) is 0. The van der Waals surface area contributed by atoms with Crippen LogP contribution < -0.4 is 0 Å². The summed E-state index contributed by atoms with van der Waals surface area (Å²) in [5.41, 5.74) is 2.96. The zero-order valence-electron chi connectivity index (χ0n) is 12.8. The fourth-order valence-corrected chi connectivity index (χ4v) is 3.12. The van der Waals surface area contributed by atoms with Gasteiger partial charge in [0.2, 0.25) is 0 Å². The van der Waals surface area contributed by atoms with E-state index in [1.165, 1.54) is 36.8 Å². The predicted molar refractivity (Wildman–Crippen MR) is 87.9 cm³/mol. The van der Waals surface area contributed by atoms with E-state index in [0.717, 1.165) is 11.8 Å². The van der Waals surface area contributed by atoms with E-state index in [0.29, 0.717) is 0 Å². The van der Waals surface area contributed by atoms with Gasteiger partial charge >= 0.3 is 0 Å². The molecule has 0 nitrogen and oxygen atoms in total. The van der Waals surface area contributed by atoms with E-state index in [2.05, 4.69) is 74.5 Å². The largest absolute Gasteiger partial charge is 0.0651 e. The highest BCUT2D eigenvalue weighted by atomic mass is 14.2. The number of benzene rings is 2. The lowest BCUT2D eigenvalue weighted by molar-refractivity contribution is 0.308. The van der Waals surface area contributed by atoms with E-state index in [9.17, 15) is 0 Å². The zero-order valence-corrected chi connectivity index (χ0v) is 12.8. The van der Waals surface area contributed by atoms with Crippen LogP contribution in [0, 0.1) is 11.8 Å². The normalized spacial score (nSPS) is 13.9. The van der Waals surface area contributed by atoms with Crippen LogP contribution in [0.3, 0.4) is 0 Å². The molecule has 106 valence electrons. The van der Waals surface area contributed by atoms with Gasteiger partial charge in [-0.3, -0.25) is 0 Å². The summed E-state index contributed by atoms with van der Waals surface area (Å²) in [7, 11) is 0. The molecule has 0 aliphatic heterocycles. The zero-order chi connectivity index (χ0) is 14.2. The van der Waals surface area contributed by atoms with Crippen molar-refractivity contribution in [2.75, 3.05) is 0 Å². The fraction of sp³-hybridized carbons (Fsp3) is 0.400. The Bertz CT molecular complexity index is 424. The van der Waals surface area contributed by atoms with Crippen molar-refractivity contribution in [3.05, 3.63) is 71.8 Å². The predicted octanol–water partition coefficient (Wildman–Crippen LogP) is 5.52. The lowest BCUT2D eigenvalue weighted by atomic mass is 9.80. The molecule has 0 bridgehead atoms. The smallest absolute Gasteiger partial charge is 0.0248 e. The molecule has 0 heterocycles. The second-order valence-electron chi connectivity index (χ2n) is 5.72. The monoisotopic (exact) mass is 266 g/mol. The van der Waals surface area contributed by atoms with Crippen LogP contribution in [-0.2, 0) is 12.8 Å². The first-order valence-electron chi connectivity index (χ1n) is 7.91. The maximum absolute atomic E-state index is 2.33. The van der Waals surface area contributed by atoms with E-state index >= 15 is 0 Å². The lowest BCUT2D eigenvalue weighted by Gasteiger charge is -2.25. The molecule has 0 spiro atoms. The Hall–Kier alpha value is -1.56. The van der Waals surface area contributed by atoms with Crippen molar-refractivity contribution in [2.45, 2.75) is 39.5 Å². The minimum Gasteiger partial charge on any atom is -0.0651 e. The van der Waals surface area contributed by atoms with E-state index in [-0.39, 0.29) is 0 Å². The Morgan fingerprint density at radius 1 is 0.600 bits per heavy atom. The number of rotatable bonds is 7. The summed E-state index contributed by atoms with van der Waals surface area (Å²) >= 11 is 0. The van der Waals surface area contributed by atoms with Crippen molar-refractivity contribution in [1.29, 1.82) is 0 Å². The van der Waals surface area contributed by atoms with Gasteiger partial charge in [-0.25, -0.2) is 0 Å². The second kappa shape index (κ2) is 7.89. The molecule has 0 aliphatic carbocycles. The summed E-state index contributed by atoms with van der Waals surface area (Å²) in [6.45, 7) is 4.67. The minimum absolute atomic E-state index is 0.780. The van der Waals surface area contributed by atoms with Gasteiger partial charge in [0.15, 0.2) is 0 Å². The van der Waals surface area contributed by atoms with Crippen LogP contribution in [-0.4, -0.2) is 0 Å². The molecular formula is C20H26. The van der Waals surface area contributed by atoms with Crippen molar-refractivity contribution < 1.29 is 0 Å². The third-order valence-corrected chi connectivity index (χ3v) is 4.40. The minimum atomic E-state index is 0.780. The molecule has 0 heteroatoms. The Morgan fingerprint density at radius 2 is 0.950 bits per heavy atom. The average molecular weight is 266 g/mol. The average Bonchev–Trinajstić information content (AvgIpc) is 2.52. The molecule has 2 aromatic carbocycles. The Balaban J connectivity index is 2.04. The fourth-order valence-electron chi connectivity index (χ4n) is 3.12. The van der Waals surface area contributed by atoms with Gasteiger partial charge in [-0.1, -0.05) is 87.4 Å². The summed E-state index contributed by atoms with van der Waals surface area (Å²) in [6.07, 6.45) is 4.95. The standard InChI is InChI=1S/C20H26/c1-3-19(15-17-11-7-5-8-12-17)20(4-2)16-18-13-9-6-10-14-18/h5-14,19-20H,3-4,15-16H2,1-2H3. The molecule has 0 fully saturated rings. The first kappa shape index (κ1) is 14.8. The van der Waals surface area contributed by atoms with E-state index in [1.807, 2.05) is 0 Å². The van der Waals surface area contributed by atoms with Gasteiger partial charge in [-0.05, 0) is 35.8 Å². The molecule has 0 aliphatic rings. The van der Waals surface area contributed by atoms with Gasteiger partial charge in [0.25, 0.3) is 0 Å². The maximum Gasteiger partial charge on any atom is -0.0248 e. The molecule has 2 atom stereocenters.